The number of aryl methyl sites for hydroxylation is 1. The molecule has 1 N–H and O–H groups in total. The second kappa shape index (κ2) is 5.56. The number of thiophene rings is 1. The molecule has 3 aromatic heterocycles. The zero-order valence-electron chi connectivity index (χ0n) is 13.0. The molecule has 4 rings (SSSR count). The minimum Gasteiger partial charge on any atom is -0.496 e. The number of H-pyrrole nitrogens is 1. The van der Waals surface area contributed by atoms with Crippen molar-refractivity contribution in [1.82, 2.24) is 9.97 Å². The largest absolute Gasteiger partial charge is 0.496 e. The lowest BCUT2D eigenvalue weighted by molar-refractivity contribution is 0.416. The van der Waals surface area contributed by atoms with Crippen molar-refractivity contribution in [1.29, 1.82) is 0 Å². The van der Waals surface area contributed by atoms with Crippen molar-refractivity contribution < 1.29 is 4.74 Å². The fourth-order valence-electron chi connectivity index (χ4n) is 2.97. The summed E-state index contributed by atoms with van der Waals surface area (Å²) in [6, 6.07) is 12.3. The number of hydrogen-bond donors (Lipinski definition) is 1. The van der Waals surface area contributed by atoms with Crippen LogP contribution in [0.3, 0.4) is 0 Å². The first-order valence-corrected chi connectivity index (χ1v) is 8.31. The molecule has 0 saturated carbocycles. The Balaban J connectivity index is 2.05. The Hall–Kier alpha value is -2.59. The number of benzene rings is 1. The van der Waals surface area contributed by atoms with Gasteiger partial charge in [-0.3, -0.25) is 0 Å². The van der Waals surface area contributed by atoms with Crippen molar-refractivity contribution in [3.63, 3.8) is 0 Å². The van der Waals surface area contributed by atoms with Crippen molar-refractivity contribution in [2.75, 3.05) is 7.11 Å². The van der Waals surface area contributed by atoms with Crippen LogP contribution in [0.1, 0.15) is 5.56 Å². The maximum absolute atomic E-state index is 5.54. The summed E-state index contributed by atoms with van der Waals surface area (Å²) >= 11 is 1.76. The number of rotatable bonds is 3. The average Bonchev–Trinajstić information content (AvgIpc) is 3.20. The van der Waals surface area contributed by atoms with Gasteiger partial charge in [-0.25, -0.2) is 4.98 Å². The fraction of sp³-hybridized carbons (Fsp3) is 0.105. The molecule has 23 heavy (non-hydrogen) atoms. The van der Waals surface area contributed by atoms with Gasteiger partial charge in [0.15, 0.2) is 0 Å². The highest BCUT2D eigenvalue weighted by Gasteiger charge is 2.16. The molecule has 4 heteroatoms. The van der Waals surface area contributed by atoms with Gasteiger partial charge in [0.25, 0.3) is 0 Å². The van der Waals surface area contributed by atoms with Crippen molar-refractivity contribution in [3.8, 4) is 27.3 Å². The van der Waals surface area contributed by atoms with Crippen LogP contribution in [0.4, 0.5) is 0 Å². The van der Waals surface area contributed by atoms with Crippen molar-refractivity contribution in [2.24, 2.45) is 0 Å². The van der Waals surface area contributed by atoms with E-state index in [4.69, 9.17) is 4.74 Å². The molecule has 0 aliphatic rings. The summed E-state index contributed by atoms with van der Waals surface area (Å²) in [5.41, 5.74) is 5.59. The number of methoxy groups -OCH3 is 1. The first kappa shape index (κ1) is 14.0. The molecule has 0 aliphatic heterocycles. The Morgan fingerprint density at radius 3 is 2.70 bits per heavy atom. The second-order valence-electron chi connectivity index (χ2n) is 5.42. The third-order valence-corrected chi connectivity index (χ3v) is 5.13. The van der Waals surface area contributed by atoms with Crippen LogP contribution in [0.15, 0.2) is 54.2 Å². The van der Waals surface area contributed by atoms with Crippen molar-refractivity contribution >= 4 is 22.4 Å². The number of hydrogen-bond acceptors (Lipinski definition) is 3. The molecule has 0 aliphatic carbocycles. The minimum absolute atomic E-state index is 0.867. The summed E-state index contributed by atoms with van der Waals surface area (Å²) < 4.78 is 5.54. The highest BCUT2D eigenvalue weighted by molar-refractivity contribution is 7.13. The first-order chi connectivity index (χ1) is 11.3. The van der Waals surface area contributed by atoms with Gasteiger partial charge >= 0.3 is 0 Å². The van der Waals surface area contributed by atoms with Gasteiger partial charge in [-0.05, 0) is 36.1 Å². The van der Waals surface area contributed by atoms with Gasteiger partial charge in [0.2, 0.25) is 0 Å². The Kier molecular flexibility index (Phi) is 3.39. The summed E-state index contributed by atoms with van der Waals surface area (Å²) in [6.45, 7) is 2.15. The van der Waals surface area contributed by atoms with E-state index < -0.39 is 0 Å². The molecule has 114 valence electrons. The van der Waals surface area contributed by atoms with Gasteiger partial charge in [0.1, 0.15) is 11.4 Å². The van der Waals surface area contributed by atoms with Gasteiger partial charge in [0, 0.05) is 39.3 Å². The SMILES string of the molecule is COc1ccccc1-c1c[nH]c2nccc(-c3sccc3C)c12. The van der Waals surface area contributed by atoms with Crippen molar-refractivity contribution in [3.05, 3.63) is 59.7 Å². The molecular formula is C19H16N2OS. The molecule has 0 bridgehead atoms. The molecule has 3 heterocycles. The fourth-order valence-corrected chi connectivity index (χ4v) is 3.93. The minimum atomic E-state index is 0.867. The van der Waals surface area contributed by atoms with E-state index in [2.05, 4.69) is 40.5 Å². The van der Waals surface area contributed by atoms with E-state index in [-0.39, 0.29) is 0 Å². The normalized spacial score (nSPS) is 11.0. The van der Waals surface area contributed by atoms with Crippen LogP contribution in [-0.4, -0.2) is 17.1 Å². The Morgan fingerprint density at radius 1 is 1.04 bits per heavy atom. The van der Waals surface area contributed by atoms with E-state index in [9.17, 15) is 0 Å². The van der Waals surface area contributed by atoms with Crippen LogP contribution in [0.25, 0.3) is 32.6 Å². The molecule has 0 radical (unpaired) electrons. The van der Waals surface area contributed by atoms with Gasteiger partial charge in [-0.2, -0.15) is 0 Å². The number of aromatic amines is 1. The molecule has 0 unspecified atom stereocenters. The topological polar surface area (TPSA) is 37.9 Å². The van der Waals surface area contributed by atoms with Gasteiger partial charge < -0.3 is 9.72 Å². The average molecular weight is 320 g/mol. The van der Waals surface area contributed by atoms with Gasteiger partial charge in [-0.1, -0.05) is 18.2 Å². The number of para-hydroxylation sites is 1. The lowest BCUT2D eigenvalue weighted by atomic mass is 10.00. The van der Waals surface area contributed by atoms with Gasteiger partial charge in [0.05, 0.1) is 7.11 Å². The Bertz CT molecular complexity index is 984. The molecule has 0 fully saturated rings. The molecular weight excluding hydrogens is 304 g/mol. The highest BCUT2D eigenvalue weighted by Crippen LogP contribution is 2.41. The van der Waals surface area contributed by atoms with Crippen molar-refractivity contribution in [2.45, 2.75) is 6.92 Å². The van der Waals surface area contributed by atoms with Crippen LogP contribution in [0, 0.1) is 6.92 Å². The summed E-state index contributed by atoms with van der Waals surface area (Å²) in [5, 5.41) is 3.27. The quantitative estimate of drug-likeness (QED) is 0.558. The molecule has 0 amide bonds. The monoisotopic (exact) mass is 320 g/mol. The Morgan fingerprint density at radius 2 is 1.91 bits per heavy atom. The molecule has 4 aromatic rings. The van der Waals surface area contributed by atoms with E-state index in [0.717, 1.165) is 27.9 Å². The summed E-state index contributed by atoms with van der Waals surface area (Å²) in [6.07, 6.45) is 3.88. The van der Waals surface area contributed by atoms with E-state index in [1.165, 1.54) is 16.0 Å². The lowest BCUT2D eigenvalue weighted by Crippen LogP contribution is -1.88. The molecule has 0 spiro atoms. The summed E-state index contributed by atoms with van der Waals surface area (Å²) in [4.78, 5) is 9.07. The third-order valence-electron chi connectivity index (χ3n) is 4.08. The van der Waals surface area contributed by atoms with Gasteiger partial charge in [-0.15, -0.1) is 11.3 Å². The summed E-state index contributed by atoms with van der Waals surface area (Å²) in [7, 11) is 1.70. The number of nitrogens with one attached hydrogen (secondary N) is 1. The highest BCUT2D eigenvalue weighted by atomic mass is 32.1. The zero-order valence-corrected chi connectivity index (χ0v) is 13.8. The number of pyridine rings is 1. The van der Waals surface area contributed by atoms with E-state index in [1.54, 1.807) is 18.4 Å². The second-order valence-corrected chi connectivity index (χ2v) is 6.33. The standard InChI is InChI=1S/C19H16N2OS/c1-12-8-10-23-18(12)14-7-9-20-19-17(14)15(11-21-19)13-5-3-4-6-16(13)22-2/h3-11H,1-2H3,(H,20,21). The number of ether oxygens (including phenoxy) is 1. The Labute approximate surface area is 138 Å². The summed E-state index contributed by atoms with van der Waals surface area (Å²) in [5.74, 6) is 0.867. The number of fused-ring (bicyclic) bond motifs is 1. The smallest absolute Gasteiger partial charge is 0.138 e. The van der Waals surface area contributed by atoms with Crippen LogP contribution in [0.2, 0.25) is 0 Å². The molecule has 0 saturated heterocycles. The predicted octanol–water partition coefficient (Wildman–Crippen LogP) is 5.28. The third kappa shape index (κ3) is 2.23. The first-order valence-electron chi connectivity index (χ1n) is 7.43. The predicted molar refractivity (Wildman–Crippen MR) is 96.1 cm³/mol. The molecule has 1 aromatic carbocycles. The van der Waals surface area contributed by atoms with Crippen LogP contribution >= 0.6 is 11.3 Å². The van der Waals surface area contributed by atoms with E-state index in [1.807, 2.05) is 30.6 Å². The maximum Gasteiger partial charge on any atom is 0.138 e. The van der Waals surface area contributed by atoms with Crippen LogP contribution < -0.4 is 4.74 Å². The number of aromatic nitrogens is 2. The van der Waals surface area contributed by atoms with Crippen LogP contribution in [-0.2, 0) is 0 Å². The van der Waals surface area contributed by atoms with E-state index in [0.29, 0.717) is 0 Å². The molecule has 0 atom stereocenters. The zero-order chi connectivity index (χ0) is 15.8. The van der Waals surface area contributed by atoms with E-state index >= 15 is 0 Å². The maximum atomic E-state index is 5.54. The number of nitrogens with zero attached hydrogens (tertiary/aromatic N) is 1. The molecule has 3 nitrogen and oxygen atoms in total. The van der Waals surface area contributed by atoms with Crippen LogP contribution in [0.5, 0.6) is 5.75 Å². The lowest BCUT2D eigenvalue weighted by Gasteiger charge is -2.09.